The van der Waals surface area contributed by atoms with Crippen LogP contribution in [0.15, 0.2) is 174 Å². The van der Waals surface area contributed by atoms with Crippen molar-refractivity contribution in [1.82, 2.24) is 0 Å². The van der Waals surface area contributed by atoms with Crippen molar-refractivity contribution < 1.29 is 4.42 Å². The maximum Gasteiger partial charge on any atom is 0.143 e. The third kappa shape index (κ3) is 3.97. The van der Waals surface area contributed by atoms with E-state index in [0.29, 0.717) is 0 Å². The van der Waals surface area contributed by atoms with Crippen molar-refractivity contribution in [3.63, 3.8) is 0 Å². The highest BCUT2D eigenvalue weighted by Gasteiger charge is 2.21. The lowest BCUT2D eigenvalue weighted by molar-refractivity contribution is 0.673. The third-order valence-electron chi connectivity index (χ3n) is 9.82. The molecule has 1 aromatic heterocycles. The van der Waals surface area contributed by atoms with Crippen LogP contribution in [0.5, 0.6) is 0 Å². The lowest BCUT2D eigenvalue weighted by atomic mass is 9.84. The Balaban J connectivity index is 1.33. The molecule has 0 saturated heterocycles. The number of hydrogen-bond donors (Lipinski definition) is 0. The largest absolute Gasteiger partial charge is 0.455 e. The average Bonchev–Trinajstić information content (AvgIpc) is 3.52. The van der Waals surface area contributed by atoms with Gasteiger partial charge in [-0.25, -0.2) is 0 Å². The van der Waals surface area contributed by atoms with Gasteiger partial charge in [-0.3, -0.25) is 0 Å². The van der Waals surface area contributed by atoms with Crippen LogP contribution in [-0.4, -0.2) is 0 Å². The fourth-order valence-corrected chi connectivity index (χ4v) is 7.69. The van der Waals surface area contributed by atoms with Gasteiger partial charge in [0.25, 0.3) is 0 Å². The molecule has 0 bridgehead atoms. The van der Waals surface area contributed by atoms with Crippen LogP contribution < -0.4 is 0 Å². The van der Waals surface area contributed by atoms with Gasteiger partial charge in [-0.15, -0.1) is 0 Å². The molecule has 0 unspecified atom stereocenters. The number of fused-ring (bicyclic) bond motifs is 8. The Kier molecular flexibility index (Phi) is 5.64. The summed E-state index contributed by atoms with van der Waals surface area (Å²) >= 11 is 0. The van der Waals surface area contributed by atoms with Crippen LogP contribution >= 0.6 is 0 Å². The highest BCUT2D eigenvalue weighted by molar-refractivity contribution is 6.27. The Bertz CT molecular complexity index is 2780. The molecule has 0 atom stereocenters. The van der Waals surface area contributed by atoms with Crippen molar-refractivity contribution in [3.8, 4) is 33.4 Å². The van der Waals surface area contributed by atoms with Crippen LogP contribution in [-0.2, 0) is 0 Å². The first-order chi connectivity index (χ1) is 23.3. The summed E-state index contributed by atoms with van der Waals surface area (Å²) in [5, 5.41) is 12.1. The van der Waals surface area contributed by atoms with Crippen molar-refractivity contribution in [2.24, 2.45) is 0 Å². The summed E-state index contributed by atoms with van der Waals surface area (Å²) in [6.07, 6.45) is 0. The summed E-state index contributed by atoms with van der Waals surface area (Å²) in [5.74, 6) is 0. The van der Waals surface area contributed by atoms with Gasteiger partial charge < -0.3 is 4.42 Å². The molecule has 0 radical (unpaired) electrons. The molecule has 10 aromatic rings. The molecular weight excluding hydrogens is 569 g/mol. The molecule has 218 valence electrons. The molecule has 0 amide bonds. The molecule has 10 rings (SSSR count). The van der Waals surface area contributed by atoms with E-state index in [1.165, 1.54) is 71.1 Å². The Morgan fingerprint density at radius 2 is 0.872 bits per heavy atom. The number of furan rings is 1. The molecule has 0 aliphatic heterocycles. The van der Waals surface area contributed by atoms with Crippen LogP contribution in [0.2, 0.25) is 0 Å². The summed E-state index contributed by atoms with van der Waals surface area (Å²) in [6.45, 7) is 0. The van der Waals surface area contributed by atoms with Gasteiger partial charge >= 0.3 is 0 Å². The van der Waals surface area contributed by atoms with Crippen LogP contribution in [0.25, 0.3) is 98.4 Å². The first kappa shape index (κ1) is 26.1. The summed E-state index contributed by atoms with van der Waals surface area (Å²) < 4.78 is 6.63. The Hall–Kier alpha value is -6.18. The molecule has 1 heteroatoms. The molecule has 1 heterocycles. The lowest BCUT2D eigenvalue weighted by Crippen LogP contribution is -1.92. The predicted molar refractivity (Wildman–Crippen MR) is 200 cm³/mol. The van der Waals surface area contributed by atoms with Gasteiger partial charge in [0.05, 0.1) is 0 Å². The third-order valence-corrected chi connectivity index (χ3v) is 9.82. The maximum atomic E-state index is 6.63. The van der Waals surface area contributed by atoms with Gasteiger partial charge in [-0.2, -0.15) is 0 Å². The molecule has 0 spiro atoms. The second-order valence-corrected chi connectivity index (χ2v) is 12.4. The van der Waals surface area contributed by atoms with E-state index in [2.05, 4.69) is 170 Å². The van der Waals surface area contributed by atoms with E-state index in [1.807, 2.05) is 0 Å². The molecule has 0 N–H and O–H groups in total. The lowest BCUT2D eigenvalue weighted by Gasteiger charge is -2.19. The van der Waals surface area contributed by atoms with Gasteiger partial charge in [-0.1, -0.05) is 146 Å². The Morgan fingerprint density at radius 1 is 0.298 bits per heavy atom. The summed E-state index contributed by atoms with van der Waals surface area (Å²) in [5.41, 5.74) is 9.21. The van der Waals surface area contributed by atoms with Crippen molar-refractivity contribution >= 4 is 65.0 Å². The predicted octanol–water partition coefficient (Wildman–Crippen LogP) is 13.2. The van der Waals surface area contributed by atoms with E-state index < -0.39 is 0 Å². The summed E-state index contributed by atoms with van der Waals surface area (Å²) in [4.78, 5) is 0. The van der Waals surface area contributed by atoms with Crippen molar-refractivity contribution in [2.45, 2.75) is 0 Å². The Morgan fingerprint density at radius 3 is 1.60 bits per heavy atom. The molecular formula is C46H28O. The van der Waals surface area contributed by atoms with Crippen molar-refractivity contribution in [1.29, 1.82) is 0 Å². The van der Waals surface area contributed by atoms with Gasteiger partial charge in [0.2, 0.25) is 0 Å². The molecule has 0 aliphatic rings. The smallest absolute Gasteiger partial charge is 0.143 e. The molecule has 0 fully saturated rings. The molecule has 0 saturated carbocycles. The average molecular weight is 597 g/mol. The van der Waals surface area contributed by atoms with E-state index in [-0.39, 0.29) is 0 Å². The normalized spacial score (nSPS) is 11.8. The van der Waals surface area contributed by atoms with E-state index in [9.17, 15) is 0 Å². The van der Waals surface area contributed by atoms with Crippen LogP contribution in [0.4, 0.5) is 0 Å². The zero-order valence-electron chi connectivity index (χ0n) is 25.6. The quantitative estimate of drug-likeness (QED) is 0.185. The van der Waals surface area contributed by atoms with Crippen LogP contribution in [0.3, 0.4) is 0 Å². The molecule has 9 aromatic carbocycles. The summed E-state index contributed by atoms with van der Waals surface area (Å²) in [7, 11) is 0. The second-order valence-electron chi connectivity index (χ2n) is 12.4. The zero-order chi connectivity index (χ0) is 30.9. The second kappa shape index (κ2) is 10.2. The zero-order valence-corrected chi connectivity index (χ0v) is 25.6. The Labute approximate surface area is 271 Å². The van der Waals surface area contributed by atoms with Crippen LogP contribution in [0, 0.1) is 0 Å². The maximum absolute atomic E-state index is 6.63. The van der Waals surface area contributed by atoms with Gasteiger partial charge in [0.1, 0.15) is 11.2 Å². The molecule has 0 aliphatic carbocycles. The number of hydrogen-bond acceptors (Lipinski definition) is 1. The van der Waals surface area contributed by atoms with Gasteiger partial charge in [-0.05, 0) is 95.3 Å². The highest BCUT2D eigenvalue weighted by atomic mass is 16.3. The fourth-order valence-electron chi connectivity index (χ4n) is 7.69. The molecule has 47 heavy (non-hydrogen) atoms. The highest BCUT2D eigenvalue weighted by Crippen LogP contribution is 2.48. The van der Waals surface area contributed by atoms with Gasteiger partial charge in [0, 0.05) is 16.2 Å². The van der Waals surface area contributed by atoms with Crippen LogP contribution in [0.1, 0.15) is 0 Å². The first-order valence-electron chi connectivity index (χ1n) is 16.2. The van der Waals surface area contributed by atoms with E-state index >= 15 is 0 Å². The van der Waals surface area contributed by atoms with E-state index in [1.54, 1.807) is 0 Å². The minimum absolute atomic E-state index is 0.906. The number of benzene rings is 9. The SMILES string of the molecule is c1ccc(-c2ccc3oc4c5ccccc5c(-c5c6ccccc6c(-c6ccc7ccccc7c6)c6ccccc56)cc4c3c2)cc1. The van der Waals surface area contributed by atoms with Crippen molar-refractivity contribution in [3.05, 3.63) is 170 Å². The van der Waals surface area contributed by atoms with Crippen molar-refractivity contribution in [2.75, 3.05) is 0 Å². The topological polar surface area (TPSA) is 13.1 Å². The minimum atomic E-state index is 0.906. The summed E-state index contributed by atoms with van der Waals surface area (Å²) in [6, 6.07) is 61.6. The van der Waals surface area contributed by atoms with E-state index in [4.69, 9.17) is 4.42 Å². The molecule has 1 nitrogen and oxygen atoms in total. The number of rotatable bonds is 3. The standard InChI is InChI=1S/C46H28O/c1-2-12-29(13-3-1)32-24-25-43-40(27-32)42-28-41(34-16-6-11-21-39(34)46(42)47-43)45-37-19-9-7-17-35(37)44(36-18-8-10-20-38(36)45)33-23-22-30-14-4-5-15-31(30)26-33/h1-28H. The van der Waals surface area contributed by atoms with Gasteiger partial charge in [0.15, 0.2) is 0 Å². The monoisotopic (exact) mass is 596 g/mol. The van der Waals surface area contributed by atoms with E-state index in [0.717, 1.165) is 27.3 Å². The first-order valence-corrected chi connectivity index (χ1v) is 16.2. The minimum Gasteiger partial charge on any atom is -0.455 e. The fraction of sp³-hybridized carbons (Fsp3) is 0.